The average molecular weight is 354 g/mol. The van der Waals surface area contributed by atoms with Crippen LogP contribution in [0.25, 0.3) is 0 Å². The fourth-order valence-electron chi connectivity index (χ4n) is 2.16. The molecule has 1 N–H and O–H groups in total. The molecule has 0 saturated heterocycles. The lowest BCUT2D eigenvalue weighted by Crippen LogP contribution is -2.08. The molecule has 5 heteroatoms. The number of rotatable bonds is 6. The Balaban J connectivity index is 2.20. The minimum absolute atomic E-state index is 0.777. The van der Waals surface area contributed by atoms with Crippen LogP contribution in [0.15, 0.2) is 33.6 Å². The molecule has 0 unspecified atom stereocenters. The molecule has 1 aromatic heterocycles. The maximum absolute atomic E-state index is 4.63. The predicted octanol–water partition coefficient (Wildman–Crippen LogP) is 4.56. The van der Waals surface area contributed by atoms with Crippen LogP contribution in [0.2, 0.25) is 0 Å². The molecule has 0 radical (unpaired) electrons. The lowest BCUT2D eigenvalue weighted by molar-refractivity contribution is 0.619. The third kappa shape index (κ3) is 3.20. The van der Waals surface area contributed by atoms with Crippen molar-refractivity contribution in [3.05, 3.63) is 40.1 Å². The quantitative estimate of drug-likeness (QED) is 0.771. The van der Waals surface area contributed by atoms with Crippen molar-refractivity contribution in [3.63, 3.8) is 0 Å². The monoisotopic (exact) mass is 353 g/mol. The van der Waals surface area contributed by atoms with E-state index in [1.807, 2.05) is 0 Å². The van der Waals surface area contributed by atoms with Crippen molar-refractivity contribution in [3.8, 4) is 0 Å². The van der Waals surface area contributed by atoms with E-state index in [0.29, 0.717) is 0 Å². The first-order valence-electron chi connectivity index (χ1n) is 6.82. The minimum atomic E-state index is 0.777. The van der Waals surface area contributed by atoms with Crippen molar-refractivity contribution in [2.75, 3.05) is 11.6 Å². The van der Waals surface area contributed by atoms with Gasteiger partial charge in [0.05, 0.1) is 22.4 Å². The predicted molar refractivity (Wildman–Crippen MR) is 90.5 cm³/mol. The number of anilines is 1. The molecule has 0 spiro atoms. The van der Waals surface area contributed by atoms with E-state index in [2.05, 4.69) is 75.4 Å². The highest BCUT2D eigenvalue weighted by Crippen LogP contribution is 2.27. The van der Waals surface area contributed by atoms with Crippen molar-refractivity contribution >= 4 is 33.4 Å². The molecule has 0 atom stereocenters. The Bertz CT molecular complexity index is 580. The Labute approximate surface area is 133 Å². The SMILES string of the molecule is CCc1nn(CC)c(CNc2ccccc2SC)c1Br. The molecule has 0 amide bonds. The van der Waals surface area contributed by atoms with Gasteiger partial charge in [0.15, 0.2) is 0 Å². The number of thioether (sulfide) groups is 1. The average Bonchev–Trinajstić information content (AvgIpc) is 2.81. The smallest absolute Gasteiger partial charge is 0.0767 e. The largest absolute Gasteiger partial charge is 0.378 e. The maximum Gasteiger partial charge on any atom is 0.0767 e. The summed E-state index contributed by atoms with van der Waals surface area (Å²) in [5.74, 6) is 0. The fourth-order valence-corrected chi connectivity index (χ4v) is 3.44. The van der Waals surface area contributed by atoms with Gasteiger partial charge in [-0.05, 0) is 47.7 Å². The van der Waals surface area contributed by atoms with E-state index in [0.717, 1.165) is 29.7 Å². The minimum Gasteiger partial charge on any atom is -0.378 e. The number of nitrogens with one attached hydrogen (secondary N) is 1. The van der Waals surface area contributed by atoms with Crippen LogP contribution in [0.5, 0.6) is 0 Å². The van der Waals surface area contributed by atoms with Gasteiger partial charge in [0.2, 0.25) is 0 Å². The van der Waals surface area contributed by atoms with Gasteiger partial charge in [-0.15, -0.1) is 11.8 Å². The first-order chi connectivity index (χ1) is 9.71. The summed E-state index contributed by atoms with van der Waals surface area (Å²) >= 11 is 5.44. The molecule has 1 aromatic carbocycles. The molecule has 108 valence electrons. The van der Waals surface area contributed by atoms with Crippen molar-refractivity contribution in [1.29, 1.82) is 0 Å². The second-order valence-corrected chi connectivity index (χ2v) is 6.07. The standard InChI is InChI=1S/C15H20BrN3S/c1-4-11-15(16)13(19(5-2)18-11)10-17-12-8-6-7-9-14(12)20-3/h6-9,17H,4-5,10H2,1-3H3. The normalized spacial score (nSPS) is 10.8. The summed E-state index contributed by atoms with van der Waals surface area (Å²) < 4.78 is 3.20. The molecule has 0 bridgehead atoms. The molecule has 0 aliphatic rings. The molecular formula is C15H20BrN3S. The Morgan fingerprint density at radius 2 is 2.05 bits per heavy atom. The lowest BCUT2D eigenvalue weighted by atomic mass is 10.3. The van der Waals surface area contributed by atoms with Crippen LogP contribution < -0.4 is 5.32 Å². The second-order valence-electron chi connectivity index (χ2n) is 4.43. The number of aromatic nitrogens is 2. The van der Waals surface area contributed by atoms with Crippen molar-refractivity contribution < 1.29 is 0 Å². The summed E-state index contributed by atoms with van der Waals surface area (Å²) in [6, 6.07) is 8.38. The molecule has 3 nitrogen and oxygen atoms in total. The summed E-state index contributed by atoms with van der Waals surface area (Å²) in [4.78, 5) is 1.27. The van der Waals surface area contributed by atoms with Gasteiger partial charge in [0.1, 0.15) is 0 Å². The lowest BCUT2D eigenvalue weighted by Gasteiger charge is -2.11. The molecule has 0 fully saturated rings. The fraction of sp³-hybridized carbons (Fsp3) is 0.400. The Morgan fingerprint density at radius 1 is 1.30 bits per heavy atom. The molecule has 0 saturated carbocycles. The molecule has 1 heterocycles. The molecule has 2 aromatic rings. The van der Waals surface area contributed by atoms with E-state index in [-0.39, 0.29) is 0 Å². The zero-order valence-electron chi connectivity index (χ0n) is 12.1. The van der Waals surface area contributed by atoms with Crippen LogP contribution in [0.4, 0.5) is 5.69 Å². The summed E-state index contributed by atoms with van der Waals surface area (Å²) in [5, 5.41) is 8.15. The van der Waals surface area contributed by atoms with Crippen molar-refractivity contribution in [1.82, 2.24) is 9.78 Å². The topological polar surface area (TPSA) is 29.9 Å². The first-order valence-corrected chi connectivity index (χ1v) is 8.83. The van der Waals surface area contributed by atoms with E-state index in [4.69, 9.17) is 0 Å². The van der Waals surface area contributed by atoms with E-state index < -0.39 is 0 Å². The number of hydrogen-bond acceptors (Lipinski definition) is 3. The summed E-state index contributed by atoms with van der Waals surface area (Å²) in [5.41, 5.74) is 3.51. The Hall–Kier alpha value is -0.940. The Kier molecular flexibility index (Phi) is 5.54. The molecule has 0 aliphatic heterocycles. The van der Waals surface area contributed by atoms with E-state index in [9.17, 15) is 0 Å². The Morgan fingerprint density at radius 3 is 2.70 bits per heavy atom. The summed E-state index contributed by atoms with van der Waals surface area (Å²) in [6.07, 6.45) is 3.05. The number of nitrogens with zero attached hydrogens (tertiary/aromatic N) is 2. The van der Waals surface area contributed by atoms with Gasteiger partial charge < -0.3 is 5.32 Å². The van der Waals surface area contributed by atoms with Crippen LogP contribution >= 0.6 is 27.7 Å². The van der Waals surface area contributed by atoms with Crippen molar-refractivity contribution in [2.45, 2.75) is 38.3 Å². The number of halogens is 1. The summed E-state index contributed by atoms with van der Waals surface area (Å²) in [6.45, 7) is 5.92. The van der Waals surface area contributed by atoms with Crippen LogP contribution in [-0.4, -0.2) is 16.0 Å². The van der Waals surface area contributed by atoms with Crippen LogP contribution in [0.3, 0.4) is 0 Å². The molecular weight excluding hydrogens is 334 g/mol. The molecule has 20 heavy (non-hydrogen) atoms. The van der Waals surface area contributed by atoms with Gasteiger partial charge in [0.25, 0.3) is 0 Å². The summed E-state index contributed by atoms with van der Waals surface area (Å²) in [7, 11) is 0. The van der Waals surface area contributed by atoms with Gasteiger partial charge >= 0.3 is 0 Å². The molecule has 2 rings (SSSR count). The zero-order chi connectivity index (χ0) is 14.5. The third-order valence-corrected chi connectivity index (χ3v) is 4.96. The highest BCUT2D eigenvalue weighted by atomic mass is 79.9. The second kappa shape index (κ2) is 7.18. The van der Waals surface area contributed by atoms with E-state index in [1.165, 1.54) is 16.3 Å². The van der Waals surface area contributed by atoms with Crippen LogP contribution in [0.1, 0.15) is 25.2 Å². The highest BCUT2D eigenvalue weighted by molar-refractivity contribution is 9.10. The molecule has 0 aliphatic carbocycles. The van der Waals surface area contributed by atoms with E-state index >= 15 is 0 Å². The van der Waals surface area contributed by atoms with Gasteiger partial charge in [-0.3, -0.25) is 4.68 Å². The zero-order valence-corrected chi connectivity index (χ0v) is 14.5. The maximum atomic E-state index is 4.63. The number of para-hydroxylation sites is 1. The van der Waals surface area contributed by atoms with Gasteiger partial charge in [-0.1, -0.05) is 19.1 Å². The van der Waals surface area contributed by atoms with Gasteiger partial charge in [0, 0.05) is 17.1 Å². The number of aryl methyl sites for hydroxylation is 2. The number of hydrogen-bond donors (Lipinski definition) is 1. The van der Waals surface area contributed by atoms with Gasteiger partial charge in [-0.25, -0.2) is 0 Å². The van der Waals surface area contributed by atoms with Gasteiger partial charge in [-0.2, -0.15) is 5.10 Å². The highest BCUT2D eigenvalue weighted by Gasteiger charge is 2.13. The van der Waals surface area contributed by atoms with E-state index in [1.54, 1.807) is 11.8 Å². The van der Waals surface area contributed by atoms with Crippen molar-refractivity contribution in [2.24, 2.45) is 0 Å². The first kappa shape index (κ1) is 15.4. The third-order valence-electron chi connectivity index (χ3n) is 3.25. The van der Waals surface area contributed by atoms with Crippen LogP contribution in [0, 0.1) is 0 Å². The number of benzene rings is 1. The van der Waals surface area contributed by atoms with Crippen LogP contribution in [-0.2, 0) is 19.5 Å².